The van der Waals surface area contributed by atoms with Gasteiger partial charge in [0.2, 0.25) is 17.8 Å². The lowest BCUT2D eigenvalue weighted by Gasteiger charge is -2.14. The number of rotatable bonds is 16. The summed E-state index contributed by atoms with van der Waals surface area (Å²) in [4.78, 5) is 54.8. The SMILES string of the molecule is C=CC(=O)Nc1cccc(Nc2nc(Nc3ccccc3)ncc2C(=O)NCc2ccc(OC)cc2)c1.CC(C)=CC(=O)c1cccc(Nc2nc(Nc3ccccc3)ncc2C)c1. The molecule has 322 valence electrons. The molecule has 0 saturated carbocycles. The third-order valence-electron chi connectivity index (χ3n) is 9.08. The molecule has 0 bridgehead atoms. The van der Waals surface area contributed by atoms with Crippen molar-refractivity contribution in [3.05, 3.63) is 192 Å². The zero-order chi connectivity index (χ0) is 45.3. The fourth-order valence-corrected chi connectivity index (χ4v) is 5.89. The number of hydrogen-bond acceptors (Lipinski definition) is 12. The van der Waals surface area contributed by atoms with Crippen LogP contribution in [-0.4, -0.2) is 44.6 Å². The van der Waals surface area contributed by atoms with E-state index in [0.29, 0.717) is 47.0 Å². The summed E-state index contributed by atoms with van der Waals surface area (Å²) in [6.45, 7) is 9.54. The Morgan fingerprint density at radius 3 is 1.83 bits per heavy atom. The van der Waals surface area contributed by atoms with Crippen LogP contribution >= 0.6 is 0 Å². The molecule has 7 rings (SSSR count). The van der Waals surface area contributed by atoms with E-state index in [9.17, 15) is 14.4 Å². The molecule has 6 N–H and O–H groups in total. The van der Waals surface area contributed by atoms with E-state index < -0.39 is 0 Å². The second-order valence-electron chi connectivity index (χ2n) is 14.4. The molecule has 0 aliphatic carbocycles. The van der Waals surface area contributed by atoms with Crippen molar-refractivity contribution in [1.29, 1.82) is 0 Å². The molecule has 0 unspecified atom stereocenters. The number of carbonyl (C=O) groups is 3. The topological polar surface area (TPSA) is 184 Å². The molecule has 0 fully saturated rings. The highest BCUT2D eigenvalue weighted by Gasteiger charge is 2.16. The van der Waals surface area contributed by atoms with Crippen molar-refractivity contribution in [2.24, 2.45) is 0 Å². The summed E-state index contributed by atoms with van der Waals surface area (Å²) in [6.07, 6.45) is 6.06. The maximum Gasteiger partial charge on any atom is 0.256 e. The summed E-state index contributed by atoms with van der Waals surface area (Å²) < 4.78 is 5.18. The van der Waals surface area contributed by atoms with Gasteiger partial charge in [0.05, 0.1) is 7.11 Å². The van der Waals surface area contributed by atoms with E-state index in [1.807, 2.05) is 130 Å². The number of amides is 2. The van der Waals surface area contributed by atoms with Crippen LogP contribution in [0.3, 0.4) is 0 Å². The Morgan fingerprint density at radius 2 is 1.20 bits per heavy atom. The van der Waals surface area contributed by atoms with Gasteiger partial charge >= 0.3 is 0 Å². The molecule has 2 heterocycles. The van der Waals surface area contributed by atoms with Gasteiger partial charge < -0.3 is 36.6 Å². The predicted molar refractivity (Wildman–Crippen MR) is 254 cm³/mol. The first-order valence-electron chi connectivity index (χ1n) is 20.2. The molecule has 5 aromatic carbocycles. The minimum absolute atomic E-state index is 0.00973. The van der Waals surface area contributed by atoms with E-state index in [1.54, 1.807) is 43.6 Å². The van der Waals surface area contributed by atoms with Crippen molar-refractivity contribution < 1.29 is 19.1 Å². The van der Waals surface area contributed by atoms with Gasteiger partial charge in [0.15, 0.2) is 5.78 Å². The first kappa shape index (κ1) is 44.9. The Labute approximate surface area is 372 Å². The van der Waals surface area contributed by atoms with E-state index in [-0.39, 0.29) is 23.2 Å². The lowest BCUT2D eigenvalue weighted by atomic mass is 10.1. The number of aryl methyl sites for hydroxylation is 1. The highest BCUT2D eigenvalue weighted by atomic mass is 16.5. The van der Waals surface area contributed by atoms with Crippen molar-refractivity contribution in [3.8, 4) is 5.75 Å². The van der Waals surface area contributed by atoms with E-state index in [2.05, 4.69) is 58.4 Å². The molecule has 0 saturated heterocycles. The fraction of sp³-hybridized carbons (Fsp3) is 0.100. The third-order valence-corrected chi connectivity index (χ3v) is 9.08. The monoisotopic (exact) mass is 852 g/mol. The molecule has 0 spiro atoms. The minimum atomic E-state index is -0.347. The van der Waals surface area contributed by atoms with E-state index in [4.69, 9.17) is 4.74 Å². The highest BCUT2D eigenvalue weighted by Crippen LogP contribution is 2.25. The van der Waals surface area contributed by atoms with Crippen LogP contribution in [-0.2, 0) is 11.3 Å². The van der Waals surface area contributed by atoms with Crippen molar-refractivity contribution in [2.75, 3.05) is 33.7 Å². The van der Waals surface area contributed by atoms with Crippen molar-refractivity contribution in [1.82, 2.24) is 25.3 Å². The number of nitrogens with zero attached hydrogens (tertiary/aromatic N) is 4. The van der Waals surface area contributed by atoms with Crippen LogP contribution in [0, 0.1) is 6.92 Å². The van der Waals surface area contributed by atoms with Crippen molar-refractivity contribution in [3.63, 3.8) is 0 Å². The Balaban J connectivity index is 0.000000223. The minimum Gasteiger partial charge on any atom is -0.497 e. The van der Waals surface area contributed by atoms with Crippen LogP contribution in [0.1, 0.15) is 45.7 Å². The molecule has 64 heavy (non-hydrogen) atoms. The molecule has 14 heteroatoms. The lowest BCUT2D eigenvalue weighted by Crippen LogP contribution is -2.24. The van der Waals surface area contributed by atoms with Crippen LogP contribution in [0.25, 0.3) is 0 Å². The van der Waals surface area contributed by atoms with E-state index in [0.717, 1.165) is 39.5 Å². The molecule has 2 amide bonds. The molecule has 2 aromatic heterocycles. The van der Waals surface area contributed by atoms with Gasteiger partial charge in [0.1, 0.15) is 22.9 Å². The largest absolute Gasteiger partial charge is 0.497 e. The predicted octanol–water partition coefficient (Wildman–Crippen LogP) is 10.4. The number of benzene rings is 5. The number of ketones is 1. The average Bonchev–Trinajstić information content (AvgIpc) is 3.30. The van der Waals surface area contributed by atoms with Crippen LogP contribution < -0.4 is 36.6 Å². The first-order chi connectivity index (χ1) is 31.0. The summed E-state index contributed by atoms with van der Waals surface area (Å²) in [5.74, 6) is 1.87. The van der Waals surface area contributed by atoms with Gasteiger partial charge in [-0.2, -0.15) is 9.97 Å². The summed E-state index contributed by atoms with van der Waals surface area (Å²) in [5.41, 5.74) is 7.40. The van der Waals surface area contributed by atoms with Crippen LogP contribution in [0.15, 0.2) is 170 Å². The smallest absolute Gasteiger partial charge is 0.256 e. The molecule has 7 aromatic rings. The van der Waals surface area contributed by atoms with Gasteiger partial charge in [-0.15, -0.1) is 0 Å². The Kier molecular flexibility index (Phi) is 15.6. The van der Waals surface area contributed by atoms with Gasteiger partial charge in [-0.3, -0.25) is 14.4 Å². The number of hydrogen-bond donors (Lipinski definition) is 6. The number of anilines is 9. The molecular formula is C50H48N10O4. The van der Waals surface area contributed by atoms with E-state index >= 15 is 0 Å². The Hall–Kier alpha value is -8.65. The molecule has 0 aliphatic rings. The summed E-state index contributed by atoms with van der Waals surface area (Å²) in [7, 11) is 1.60. The molecule has 14 nitrogen and oxygen atoms in total. The zero-order valence-electron chi connectivity index (χ0n) is 35.8. The standard InChI is InChI=1S/C28H26N6O3.C22H22N4O/c1-3-25(35)31-21-10-7-11-22(16-21)32-26-24(18-30-28(34-26)33-20-8-5-4-6-9-20)27(36)29-17-19-12-14-23(37-2)15-13-19;1-15(2)12-20(27)17-8-7-11-19(13-17)24-21-16(3)14-23-22(26-21)25-18-9-5-4-6-10-18/h3-16,18H,1,17H2,2H3,(H,29,36)(H,31,35)(H2,30,32,33,34);4-14H,1-3H3,(H2,23,24,25,26). The maximum absolute atomic E-state index is 13.1. The number of allylic oxidation sites excluding steroid dienone is 2. The third kappa shape index (κ3) is 13.4. The van der Waals surface area contributed by atoms with Gasteiger partial charge in [-0.05, 0) is 105 Å². The first-order valence-corrected chi connectivity index (χ1v) is 20.2. The average molecular weight is 853 g/mol. The van der Waals surface area contributed by atoms with Crippen LogP contribution in [0.4, 0.5) is 52.0 Å². The number of para-hydroxylation sites is 2. The maximum atomic E-state index is 13.1. The van der Waals surface area contributed by atoms with Crippen molar-refractivity contribution >= 4 is 69.6 Å². The highest BCUT2D eigenvalue weighted by molar-refractivity contribution is 6.05. The number of ether oxygens (including phenoxy) is 1. The number of carbonyl (C=O) groups excluding carboxylic acids is 3. The van der Waals surface area contributed by atoms with Gasteiger partial charge in [-0.1, -0.05) is 78.9 Å². The molecule has 0 aliphatic heterocycles. The molecule has 0 atom stereocenters. The Bertz CT molecular complexity index is 2740. The Morgan fingerprint density at radius 1 is 0.641 bits per heavy atom. The summed E-state index contributed by atoms with van der Waals surface area (Å²) in [6, 6.07) is 41.1. The van der Waals surface area contributed by atoms with Gasteiger partial charge in [0, 0.05) is 58.5 Å². The summed E-state index contributed by atoms with van der Waals surface area (Å²) >= 11 is 0. The van der Waals surface area contributed by atoms with Crippen LogP contribution in [0.2, 0.25) is 0 Å². The van der Waals surface area contributed by atoms with Crippen molar-refractivity contribution in [2.45, 2.75) is 27.3 Å². The normalized spacial score (nSPS) is 10.2. The van der Waals surface area contributed by atoms with Gasteiger partial charge in [0.25, 0.3) is 5.91 Å². The quantitative estimate of drug-likeness (QED) is 0.0400. The zero-order valence-corrected chi connectivity index (χ0v) is 35.8. The molecular weight excluding hydrogens is 805 g/mol. The van der Waals surface area contributed by atoms with E-state index in [1.165, 1.54) is 12.3 Å². The molecule has 0 radical (unpaired) electrons. The van der Waals surface area contributed by atoms with Crippen LogP contribution in [0.5, 0.6) is 5.75 Å². The second kappa shape index (κ2) is 22.3. The second-order valence-corrected chi connectivity index (χ2v) is 14.4. The fourth-order valence-electron chi connectivity index (χ4n) is 5.89. The number of aromatic nitrogens is 4. The number of nitrogens with one attached hydrogen (secondary N) is 6. The number of methoxy groups -OCH3 is 1. The summed E-state index contributed by atoms with van der Waals surface area (Å²) in [5, 5.41) is 18.4. The lowest BCUT2D eigenvalue weighted by molar-refractivity contribution is -0.111. The van der Waals surface area contributed by atoms with Gasteiger partial charge in [-0.25, -0.2) is 9.97 Å².